The van der Waals surface area contributed by atoms with Gasteiger partial charge in [0.2, 0.25) is 0 Å². The monoisotopic (exact) mass is 359 g/mol. The Balaban J connectivity index is 1.67. The minimum absolute atomic E-state index is 0.0148. The Morgan fingerprint density at radius 3 is 2.88 bits per heavy atom. The van der Waals surface area contributed by atoms with Crippen molar-refractivity contribution in [2.24, 2.45) is 5.92 Å². The quantitative estimate of drug-likeness (QED) is 0.815. The van der Waals surface area contributed by atoms with E-state index >= 15 is 0 Å². The summed E-state index contributed by atoms with van der Waals surface area (Å²) in [5, 5.41) is 10.5. The molecule has 132 valence electrons. The second-order valence-corrected chi connectivity index (χ2v) is 6.89. The van der Waals surface area contributed by atoms with Crippen LogP contribution in [0, 0.1) is 5.92 Å². The number of hydrogen-bond donors (Lipinski definition) is 1. The fourth-order valence-corrected chi connectivity index (χ4v) is 3.57. The van der Waals surface area contributed by atoms with Gasteiger partial charge in [-0.1, -0.05) is 29.8 Å². The number of ketones is 1. The summed E-state index contributed by atoms with van der Waals surface area (Å²) in [7, 11) is 1.53. The van der Waals surface area contributed by atoms with Crippen molar-refractivity contribution in [3.05, 3.63) is 58.6 Å². The van der Waals surface area contributed by atoms with E-state index < -0.39 is 0 Å². The molecule has 0 aromatic heterocycles. The van der Waals surface area contributed by atoms with Gasteiger partial charge in [0.1, 0.15) is 0 Å². The molecule has 5 heteroatoms. The van der Waals surface area contributed by atoms with E-state index in [1.165, 1.54) is 7.11 Å². The van der Waals surface area contributed by atoms with Gasteiger partial charge in [-0.2, -0.15) is 0 Å². The summed E-state index contributed by atoms with van der Waals surface area (Å²) in [6, 6.07) is 12.6. The van der Waals surface area contributed by atoms with Crippen LogP contribution < -0.4 is 4.74 Å². The molecule has 0 aliphatic carbocycles. The molecule has 2 aromatic rings. The number of rotatable bonds is 5. The number of likely N-dealkylation sites (tertiary alicyclic amines) is 1. The summed E-state index contributed by atoms with van der Waals surface area (Å²) in [6.07, 6.45) is 1.88. The van der Waals surface area contributed by atoms with Crippen LogP contribution in [-0.2, 0) is 6.54 Å². The number of nitrogens with zero attached hydrogens (tertiary/aromatic N) is 1. The smallest absolute Gasteiger partial charge is 0.167 e. The van der Waals surface area contributed by atoms with Crippen LogP contribution in [0.2, 0.25) is 5.02 Å². The van der Waals surface area contributed by atoms with Gasteiger partial charge in [-0.3, -0.25) is 9.69 Å². The Morgan fingerprint density at radius 1 is 1.32 bits per heavy atom. The first-order chi connectivity index (χ1) is 12.1. The molecule has 0 unspecified atom stereocenters. The number of phenolic OH excluding ortho intramolecular Hbond substituents is 1. The summed E-state index contributed by atoms with van der Waals surface area (Å²) in [6.45, 7) is 2.38. The number of aromatic hydroxyl groups is 1. The maximum atomic E-state index is 12.7. The normalized spacial score (nSPS) is 18.1. The molecule has 3 rings (SSSR count). The van der Waals surface area contributed by atoms with Crippen LogP contribution >= 0.6 is 11.6 Å². The van der Waals surface area contributed by atoms with Crippen molar-refractivity contribution in [2.75, 3.05) is 20.2 Å². The summed E-state index contributed by atoms with van der Waals surface area (Å²) >= 11 is 6.01. The molecule has 25 heavy (non-hydrogen) atoms. The molecular formula is C20H22ClNO3. The molecule has 1 aliphatic rings. The molecule has 1 N–H and O–H groups in total. The van der Waals surface area contributed by atoms with E-state index in [0.29, 0.717) is 22.9 Å². The van der Waals surface area contributed by atoms with Gasteiger partial charge in [0, 0.05) is 29.6 Å². The summed E-state index contributed by atoms with van der Waals surface area (Å²) in [5.74, 6) is 0.754. The Labute approximate surface area is 153 Å². The molecule has 2 aromatic carbocycles. The Bertz CT molecular complexity index is 762. The number of piperidine rings is 1. The molecule has 1 fully saturated rings. The van der Waals surface area contributed by atoms with Crippen molar-refractivity contribution < 1.29 is 14.6 Å². The van der Waals surface area contributed by atoms with Gasteiger partial charge in [0.15, 0.2) is 17.3 Å². The lowest BCUT2D eigenvalue weighted by Gasteiger charge is -2.32. The van der Waals surface area contributed by atoms with Gasteiger partial charge < -0.3 is 9.84 Å². The van der Waals surface area contributed by atoms with Gasteiger partial charge in [-0.05, 0) is 49.2 Å². The van der Waals surface area contributed by atoms with Gasteiger partial charge in [0.25, 0.3) is 0 Å². The summed E-state index contributed by atoms with van der Waals surface area (Å²) in [5.41, 5.74) is 1.69. The molecule has 1 aliphatic heterocycles. The highest BCUT2D eigenvalue weighted by Gasteiger charge is 2.26. The average molecular weight is 360 g/mol. The van der Waals surface area contributed by atoms with Crippen molar-refractivity contribution in [3.8, 4) is 11.5 Å². The first-order valence-electron chi connectivity index (χ1n) is 8.45. The number of halogens is 1. The van der Waals surface area contributed by atoms with Crippen LogP contribution in [-0.4, -0.2) is 36.0 Å². The highest BCUT2D eigenvalue weighted by atomic mass is 35.5. The number of carbonyl (C=O) groups is 1. The molecule has 0 radical (unpaired) electrons. The molecule has 0 amide bonds. The van der Waals surface area contributed by atoms with Crippen LogP contribution in [0.5, 0.6) is 11.5 Å². The lowest BCUT2D eigenvalue weighted by molar-refractivity contribution is 0.0811. The fraction of sp³-hybridized carbons (Fsp3) is 0.350. The standard InChI is InChI=1S/C20H22ClNO3/c1-25-19-8-7-14(10-18(19)23)12-22-9-3-5-16(13-22)20(24)15-4-2-6-17(21)11-15/h2,4,6-8,10-11,16,23H,3,5,9,12-13H2,1H3/t16-/m0/s1. The van der Waals surface area contributed by atoms with Crippen molar-refractivity contribution in [1.29, 1.82) is 0 Å². The number of Topliss-reactive ketones (excluding diaryl/α,β-unsaturated/α-hetero) is 1. The second-order valence-electron chi connectivity index (χ2n) is 6.46. The maximum absolute atomic E-state index is 12.7. The van der Waals surface area contributed by atoms with Crippen molar-refractivity contribution in [1.82, 2.24) is 4.90 Å². The minimum Gasteiger partial charge on any atom is -0.504 e. The summed E-state index contributed by atoms with van der Waals surface area (Å²) < 4.78 is 5.08. The Morgan fingerprint density at radius 2 is 2.16 bits per heavy atom. The maximum Gasteiger partial charge on any atom is 0.167 e. The van der Waals surface area contributed by atoms with E-state index in [9.17, 15) is 9.90 Å². The van der Waals surface area contributed by atoms with E-state index in [1.54, 1.807) is 24.3 Å². The van der Waals surface area contributed by atoms with E-state index in [0.717, 1.165) is 31.5 Å². The molecule has 0 saturated carbocycles. The molecule has 1 saturated heterocycles. The van der Waals surface area contributed by atoms with Crippen LogP contribution in [0.4, 0.5) is 0 Å². The predicted octanol–water partition coefficient (Wildman–Crippen LogP) is 4.15. The van der Waals surface area contributed by atoms with Crippen LogP contribution in [0.15, 0.2) is 42.5 Å². The third-order valence-corrected chi connectivity index (χ3v) is 4.87. The molecule has 1 heterocycles. The Hall–Kier alpha value is -2.04. The van der Waals surface area contributed by atoms with Crippen LogP contribution in [0.25, 0.3) is 0 Å². The number of ether oxygens (including phenoxy) is 1. The highest BCUT2D eigenvalue weighted by molar-refractivity contribution is 6.31. The number of hydrogen-bond acceptors (Lipinski definition) is 4. The zero-order valence-corrected chi connectivity index (χ0v) is 15.0. The first kappa shape index (κ1) is 17.8. The van der Waals surface area contributed by atoms with Gasteiger partial charge in [-0.15, -0.1) is 0 Å². The number of benzene rings is 2. The lowest BCUT2D eigenvalue weighted by atomic mass is 9.90. The van der Waals surface area contributed by atoms with Gasteiger partial charge in [0.05, 0.1) is 7.11 Å². The van der Waals surface area contributed by atoms with E-state index in [-0.39, 0.29) is 17.5 Å². The van der Waals surface area contributed by atoms with Crippen LogP contribution in [0.1, 0.15) is 28.8 Å². The van der Waals surface area contributed by atoms with E-state index in [4.69, 9.17) is 16.3 Å². The molecule has 0 bridgehead atoms. The van der Waals surface area contributed by atoms with Crippen LogP contribution in [0.3, 0.4) is 0 Å². The van der Waals surface area contributed by atoms with Crippen molar-refractivity contribution in [3.63, 3.8) is 0 Å². The zero-order valence-electron chi connectivity index (χ0n) is 14.2. The second kappa shape index (κ2) is 7.89. The fourth-order valence-electron chi connectivity index (χ4n) is 3.38. The van der Waals surface area contributed by atoms with Gasteiger partial charge >= 0.3 is 0 Å². The van der Waals surface area contributed by atoms with Crippen molar-refractivity contribution >= 4 is 17.4 Å². The predicted molar refractivity (Wildman–Crippen MR) is 98.4 cm³/mol. The largest absolute Gasteiger partial charge is 0.504 e. The SMILES string of the molecule is COc1ccc(CN2CCC[C@H](C(=O)c3cccc(Cl)c3)C2)cc1O. The highest BCUT2D eigenvalue weighted by Crippen LogP contribution is 2.28. The number of methoxy groups -OCH3 is 1. The third kappa shape index (κ3) is 4.33. The third-order valence-electron chi connectivity index (χ3n) is 4.63. The Kier molecular flexibility index (Phi) is 5.61. The molecule has 0 spiro atoms. The molecular weight excluding hydrogens is 338 g/mol. The molecule has 4 nitrogen and oxygen atoms in total. The van der Waals surface area contributed by atoms with Gasteiger partial charge in [-0.25, -0.2) is 0 Å². The van der Waals surface area contributed by atoms with Crippen molar-refractivity contribution in [2.45, 2.75) is 19.4 Å². The summed E-state index contributed by atoms with van der Waals surface area (Å²) in [4.78, 5) is 15.0. The first-order valence-corrected chi connectivity index (χ1v) is 8.82. The van der Waals surface area contributed by atoms with E-state index in [2.05, 4.69) is 4.90 Å². The zero-order chi connectivity index (χ0) is 17.8. The van der Waals surface area contributed by atoms with E-state index in [1.807, 2.05) is 18.2 Å². The number of phenols is 1. The average Bonchev–Trinajstić information content (AvgIpc) is 2.61. The minimum atomic E-state index is -0.0148. The lowest BCUT2D eigenvalue weighted by Crippen LogP contribution is -2.38. The number of carbonyl (C=O) groups excluding carboxylic acids is 1. The molecule has 1 atom stereocenters. The topological polar surface area (TPSA) is 49.8 Å².